The van der Waals surface area contributed by atoms with Gasteiger partial charge in [0, 0.05) is 32.9 Å². The predicted molar refractivity (Wildman–Crippen MR) is 260 cm³/mol. The molecule has 0 N–H and O–H groups in total. The van der Waals surface area contributed by atoms with Gasteiger partial charge in [-0.25, -0.2) is 0 Å². The van der Waals surface area contributed by atoms with Gasteiger partial charge >= 0.3 is 0 Å². The summed E-state index contributed by atoms with van der Waals surface area (Å²) in [6.07, 6.45) is 0. The van der Waals surface area contributed by atoms with Crippen LogP contribution in [0.15, 0.2) is 109 Å². The van der Waals surface area contributed by atoms with E-state index in [1.54, 1.807) is 20.7 Å². The molecule has 24 rings (SSSR count). The maximum Gasteiger partial charge on any atom is 0.0849 e. The quantitative estimate of drug-likeness (QED) is 0.135. The van der Waals surface area contributed by atoms with Crippen molar-refractivity contribution >= 4 is 108 Å². The van der Waals surface area contributed by atoms with Crippen LogP contribution in [-0.2, 0) is 6.04 Å². The van der Waals surface area contributed by atoms with Crippen molar-refractivity contribution in [1.29, 1.82) is 0 Å². The SMILES string of the molecule is Cc1c2ccc3c1c1cc4ccc1n3-c1ccc(cc1)C[Si](C)(C)c1ccc(cc1)-n1c3ccc(cc3c3c(C)c(ccc31)[Si](C)(C)[Si]2(C)C)[Si](C)(C)[Si]4(C)C. The van der Waals surface area contributed by atoms with Gasteiger partial charge in [0.15, 0.2) is 0 Å². The molecular weight excluding hydrogens is 757 g/mol. The summed E-state index contributed by atoms with van der Waals surface area (Å²) in [5.74, 6) is 0. The standard InChI is InChI=1S/C49H56N2Si5/c1-32-46-27-25-44-48(32)40-29-38-21-23-42(40)50(44)35-15-13-34(14-16-35)31-52(3,4)37-19-17-36(18-20-37)51-43-24-22-39(54(7,8)53(38,5)6)30-41(43)49-33(2)47(28-26-45(49)51)56(11,12)55(46,9)10/h13-30H,31H2,1-12H3. The average molecular weight is 813 g/mol. The molecule has 2 nitrogen and oxygen atoms in total. The molecule has 0 spiro atoms. The molecule has 2 aromatic heterocycles. The van der Waals surface area contributed by atoms with E-state index < -0.39 is 38.4 Å². The maximum atomic E-state index is 2.70. The first kappa shape index (κ1) is 36.4. The van der Waals surface area contributed by atoms with Gasteiger partial charge in [-0.2, -0.15) is 0 Å². The molecule has 0 amide bonds. The third-order valence-corrected chi connectivity index (χ3v) is 54.9. The van der Waals surface area contributed by atoms with E-state index >= 15 is 0 Å². The van der Waals surface area contributed by atoms with Crippen LogP contribution in [0.25, 0.3) is 55.0 Å². The van der Waals surface area contributed by atoms with E-state index in [-0.39, 0.29) is 0 Å². The van der Waals surface area contributed by atoms with Crippen LogP contribution in [-0.4, -0.2) is 47.6 Å². The van der Waals surface area contributed by atoms with Gasteiger partial charge in [-0.15, -0.1) is 0 Å². The molecule has 282 valence electrons. The number of aromatic nitrogens is 2. The van der Waals surface area contributed by atoms with Crippen LogP contribution in [0.5, 0.6) is 0 Å². The van der Waals surface area contributed by atoms with Crippen molar-refractivity contribution in [3.63, 3.8) is 0 Å². The lowest BCUT2D eigenvalue weighted by molar-refractivity contribution is 1.17. The number of nitrogens with zero attached hydrogens (tertiary/aromatic N) is 2. The molecule has 0 radical (unpaired) electrons. The Morgan fingerprint density at radius 1 is 0.393 bits per heavy atom. The summed E-state index contributed by atoms with van der Waals surface area (Å²) in [4.78, 5) is 0. The highest BCUT2D eigenvalue weighted by Crippen LogP contribution is 2.39. The summed E-state index contributed by atoms with van der Waals surface area (Å²) in [7, 11) is -9.91. The Morgan fingerprint density at radius 3 is 1.20 bits per heavy atom. The summed E-state index contributed by atoms with van der Waals surface area (Å²) < 4.78 is 5.18. The van der Waals surface area contributed by atoms with Crippen LogP contribution in [0, 0.1) is 13.8 Å². The van der Waals surface area contributed by atoms with Crippen LogP contribution >= 0.6 is 0 Å². The maximum absolute atomic E-state index is 2.70. The van der Waals surface area contributed by atoms with Crippen molar-refractivity contribution in [3.05, 3.63) is 126 Å². The van der Waals surface area contributed by atoms with Gasteiger partial charge in [-0.05, 0) is 79.5 Å². The molecule has 0 aliphatic carbocycles. The lowest BCUT2D eigenvalue weighted by Crippen LogP contribution is -2.70. The normalized spacial score (nSPS) is 18.6. The third kappa shape index (κ3) is 4.63. The van der Waals surface area contributed by atoms with E-state index in [1.165, 1.54) is 76.9 Å². The van der Waals surface area contributed by atoms with Gasteiger partial charge in [0.05, 0.1) is 60.5 Å². The molecule has 18 bridgehead atoms. The minimum atomic E-state index is -2.05. The fourth-order valence-corrected chi connectivity index (χ4v) is 32.5. The zero-order valence-corrected chi connectivity index (χ0v) is 40.5. The van der Waals surface area contributed by atoms with Gasteiger partial charge in [-0.1, -0.05) is 158 Å². The summed E-state index contributed by atoms with van der Waals surface area (Å²) in [6, 6.07) is 46.1. The Hall–Kier alpha value is -4.00. The highest BCUT2D eigenvalue weighted by atomic mass is 29.3. The molecule has 56 heavy (non-hydrogen) atoms. The Balaban J connectivity index is 1.44. The van der Waals surface area contributed by atoms with E-state index in [1.807, 2.05) is 0 Å². The van der Waals surface area contributed by atoms with Crippen molar-refractivity contribution in [2.45, 2.75) is 85.4 Å². The molecule has 0 saturated carbocycles. The van der Waals surface area contributed by atoms with Crippen LogP contribution in [0.3, 0.4) is 0 Å². The van der Waals surface area contributed by atoms with E-state index in [0.29, 0.717) is 0 Å². The number of hydrogen-bond donors (Lipinski definition) is 0. The van der Waals surface area contributed by atoms with Crippen molar-refractivity contribution < 1.29 is 0 Å². The molecule has 16 aliphatic rings. The predicted octanol–water partition coefficient (Wildman–Crippen LogP) is 10.0. The topological polar surface area (TPSA) is 9.86 Å². The van der Waals surface area contributed by atoms with Crippen LogP contribution in [0.4, 0.5) is 0 Å². The first-order chi connectivity index (χ1) is 26.4. The second kappa shape index (κ2) is 11.6. The Bertz CT molecular complexity index is 2980. The minimum Gasteiger partial charge on any atom is -0.309 e. The van der Waals surface area contributed by atoms with Crippen LogP contribution in [0.1, 0.15) is 16.7 Å². The molecule has 7 heteroatoms. The molecule has 18 heterocycles. The second-order valence-electron chi connectivity index (χ2n) is 20.2. The number of benzene rings is 6. The Kier molecular flexibility index (Phi) is 7.51. The largest absolute Gasteiger partial charge is 0.309 e. The lowest BCUT2D eigenvalue weighted by Gasteiger charge is -2.41. The monoisotopic (exact) mass is 812 g/mol. The Labute approximate surface area is 337 Å². The highest BCUT2D eigenvalue weighted by molar-refractivity contribution is 7.50. The summed E-state index contributed by atoms with van der Waals surface area (Å²) in [5, 5.41) is 13.8. The van der Waals surface area contributed by atoms with Crippen molar-refractivity contribution in [3.8, 4) is 11.4 Å². The number of hydrogen-bond acceptors (Lipinski definition) is 0. The highest BCUT2D eigenvalue weighted by Gasteiger charge is 2.47. The number of rotatable bonds is 0. The van der Waals surface area contributed by atoms with E-state index in [2.05, 4.69) is 198 Å². The van der Waals surface area contributed by atoms with Gasteiger partial charge in [0.2, 0.25) is 0 Å². The molecule has 6 aromatic carbocycles. The van der Waals surface area contributed by atoms with E-state index in [9.17, 15) is 0 Å². The smallest absolute Gasteiger partial charge is 0.0849 e. The number of aryl methyl sites for hydroxylation is 2. The van der Waals surface area contributed by atoms with Gasteiger partial charge < -0.3 is 9.13 Å². The molecule has 0 atom stereocenters. The lowest BCUT2D eigenvalue weighted by atomic mass is 10.1. The second-order valence-corrected chi connectivity index (χ2v) is 55.1. The van der Waals surface area contributed by atoms with Gasteiger partial charge in [-0.3, -0.25) is 0 Å². The summed E-state index contributed by atoms with van der Waals surface area (Å²) >= 11 is 0. The fraction of sp³-hybridized carbons (Fsp3) is 0.265. The van der Waals surface area contributed by atoms with Crippen LogP contribution in [0.2, 0.25) is 65.5 Å². The molecule has 8 aromatic rings. The first-order valence-corrected chi connectivity index (χ1v) is 37.9. The average Bonchev–Trinajstić information content (AvgIpc) is 3.67. The van der Waals surface area contributed by atoms with E-state index in [0.717, 1.165) is 6.04 Å². The van der Waals surface area contributed by atoms with Crippen LogP contribution < -0.4 is 25.9 Å². The zero-order chi connectivity index (χ0) is 39.5. The minimum absolute atomic E-state index is 1.12. The van der Waals surface area contributed by atoms with Crippen molar-refractivity contribution in [1.82, 2.24) is 9.13 Å². The summed E-state index contributed by atoms with van der Waals surface area (Å²) in [6.45, 7) is 31.5. The molecule has 0 fully saturated rings. The zero-order valence-electron chi connectivity index (χ0n) is 35.5. The molecule has 0 saturated heterocycles. The molecule has 0 unspecified atom stereocenters. The molecular formula is C49H56N2Si5. The van der Waals surface area contributed by atoms with Gasteiger partial charge in [0.25, 0.3) is 0 Å². The first-order valence-electron chi connectivity index (χ1n) is 20.7. The van der Waals surface area contributed by atoms with Crippen molar-refractivity contribution in [2.75, 3.05) is 0 Å². The summed E-state index contributed by atoms with van der Waals surface area (Å²) in [5.41, 5.74) is 12.4. The van der Waals surface area contributed by atoms with E-state index in [4.69, 9.17) is 0 Å². The Morgan fingerprint density at radius 2 is 0.768 bits per heavy atom. The molecule has 16 aliphatic heterocycles. The van der Waals surface area contributed by atoms with Gasteiger partial charge in [0.1, 0.15) is 0 Å². The third-order valence-electron chi connectivity index (χ3n) is 16.0. The van der Waals surface area contributed by atoms with Crippen molar-refractivity contribution in [2.24, 2.45) is 0 Å². The fourth-order valence-electron chi connectivity index (χ4n) is 11.1.